The lowest BCUT2D eigenvalue weighted by Gasteiger charge is -2.42. The maximum atomic E-state index is 13.4. The molecule has 228 valence electrons. The highest BCUT2D eigenvalue weighted by molar-refractivity contribution is 7.16. The summed E-state index contributed by atoms with van der Waals surface area (Å²) in [5.74, 6) is 1.32. The summed E-state index contributed by atoms with van der Waals surface area (Å²) in [4.78, 5) is 50.9. The van der Waals surface area contributed by atoms with Crippen LogP contribution in [-0.2, 0) is 0 Å². The van der Waals surface area contributed by atoms with Crippen LogP contribution in [-0.4, -0.2) is 115 Å². The van der Waals surface area contributed by atoms with Gasteiger partial charge in [0.2, 0.25) is 5.95 Å². The Hall–Kier alpha value is -3.81. The van der Waals surface area contributed by atoms with Gasteiger partial charge in [-0.15, -0.1) is 11.3 Å². The number of carbonyl (C=O) groups is 2. The van der Waals surface area contributed by atoms with Gasteiger partial charge in [-0.05, 0) is 51.9 Å². The zero-order valence-electron chi connectivity index (χ0n) is 25.5. The molecule has 1 aromatic carbocycles. The average molecular weight is 606 g/mol. The molecule has 3 aliphatic rings. The Bertz CT molecular complexity index is 1510. The van der Waals surface area contributed by atoms with E-state index in [4.69, 9.17) is 9.72 Å². The van der Waals surface area contributed by atoms with Crippen LogP contribution in [0.15, 0.2) is 24.4 Å². The van der Waals surface area contributed by atoms with Crippen molar-refractivity contribution in [1.29, 1.82) is 0 Å². The molecule has 0 unspecified atom stereocenters. The van der Waals surface area contributed by atoms with Crippen molar-refractivity contribution in [1.82, 2.24) is 29.7 Å². The smallest absolute Gasteiger partial charge is 0.279 e. The molecule has 0 aliphatic carbocycles. The quantitative estimate of drug-likeness (QED) is 0.448. The number of methoxy groups -OCH3 is 1. The number of carbonyl (C=O) groups excluding carboxylic acids is 2. The summed E-state index contributed by atoms with van der Waals surface area (Å²) in [5, 5.41) is 4.85. The number of aryl methyl sites for hydroxylation is 1. The van der Waals surface area contributed by atoms with Gasteiger partial charge in [-0.3, -0.25) is 14.5 Å². The highest BCUT2D eigenvalue weighted by atomic mass is 32.1. The standard InChI is InChI=1S/C30H39N9O3S/c1-6-39-26-23(36(4)28(41)25-29(39)43-19(2)32-25)18-31-30(34-26)33-22-8-7-20(17-24(22)42-5)27(40)38-11-9-21(10-12-38)37-15-13-35(3)14-16-37/h7-8,17-18,21H,6,9-16H2,1-5H3,(H,31,33,34). The number of nitrogens with zero attached hydrogens (tertiary/aromatic N) is 8. The summed E-state index contributed by atoms with van der Waals surface area (Å²) in [5.41, 5.74) is 2.26. The number of piperidine rings is 1. The first-order valence-corrected chi connectivity index (χ1v) is 15.7. The van der Waals surface area contributed by atoms with Gasteiger partial charge < -0.3 is 29.7 Å². The number of aromatic nitrogens is 3. The Labute approximate surface area is 256 Å². The second kappa shape index (κ2) is 12.1. The number of rotatable bonds is 6. The van der Waals surface area contributed by atoms with E-state index in [0.717, 1.165) is 62.1 Å². The number of thiazole rings is 1. The zero-order chi connectivity index (χ0) is 30.2. The third kappa shape index (κ3) is 5.64. The SMILES string of the molecule is CCN1c2nc(Nc3ccc(C(=O)N4CCC(N5CCN(C)CC5)CC4)cc3OC)ncc2N(C)C(=O)c2nc(C)sc21. The van der Waals surface area contributed by atoms with Crippen molar-refractivity contribution in [3.05, 3.63) is 40.7 Å². The summed E-state index contributed by atoms with van der Waals surface area (Å²) in [6.07, 6.45) is 3.64. The largest absolute Gasteiger partial charge is 0.495 e. The lowest BCUT2D eigenvalue weighted by molar-refractivity contribution is 0.0518. The Morgan fingerprint density at radius 1 is 1.09 bits per heavy atom. The Balaban J connectivity index is 1.18. The fraction of sp³-hybridized carbons (Fsp3) is 0.500. The summed E-state index contributed by atoms with van der Waals surface area (Å²) in [6.45, 7) is 10.4. The molecular formula is C30H39N9O3S. The second-order valence-electron chi connectivity index (χ2n) is 11.3. The van der Waals surface area contributed by atoms with E-state index in [1.807, 2.05) is 35.8 Å². The van der Waals surface area contributed by atoms with Crippen LogP contribution in [0.25, 0.3) is 0 Å². The monoisotopic (exact) mass is 605 g/mol. The molecule has 0 saturated carbocycles. The van der Waals surface area contributed by atoms with Gasteiger partial charge in [-0.2, -0.15) is 4.98 Å². The number of ether oxygens (including phenoxy) is 1. The van der Waals surface area contributed by atoms with Gasteiger partial charge in [-0.25, -0.2) is 9.97 Å². The number of likely N-dealkylation sites (tertiary alicyclic amines) is 1. The summed E-state index contributed by atoms with van der Waals surface area (Å²) < 4.78 is 5.69. The molecule has 0 bridgehead atoms. The minimum atomic E-state index is -0.189. The van der Waals surface area contributed by atoms with Crippen molar-refractivity contribution < 1.29 is 14.3 Å². The number of piperazine rings is 1. The van der Waals surface area contributed by atoms with Crippen LogP contribution in [0, 0.1) is 6.92 Å². The van der Waals surface area contributed by atoms with Gasteiger partial charge >= 0.3 is 0 Å². The van der Waals surface area contributed by atoms with Crippen LogP contribution < -0.4 is 19.9 Å². The highest BCUT2D eigenvalue weighted by Crippen LogP contribution is 2.42. The van der Waals surface area contributed by atoms with Crippen LogP contribution >= 0.6 is 11.3 Å². The Kier molecular flexibility index (Phi) is 8.21. The van der Waals surface area contributed by atoms with Crippen molar-refractivity contribution in [2.75, 3.05) is 82.1 Å². The molecule has 43 heavy (non-hydrogen) atoms. The zero-order valence-corrected chi connectivity index (χ0v) is 26.3. The first kappa shape index (κ1) is 29.3. The van der Waals surface area contributed by atoms with Crippen molar-refractivity contribution >= 4 is 51.3 Å². The minimum Gasteiger partial charge on any atom is -0.495 e. The number of hydrogen-bond acceptors (Lipinski definition) is 11. The molecule has 12 nitrogen and oxygen atoms in total. The average Bonchev–Trinajstić information content (AvgIpc) is 3.39. The van der Waals surface area contributed by atoms with Crippen molar-refractivity contribution in [2.45, 2.75) is 32.7 Å². The second-order valence-corrected chi connectivity index (χ2v) is 12.5. The molecule has 3 aromatic rings. The number of amides is 2. The number of likely N-dealkylation sites (N-methyl/N-ethyl adjacent to an activating group) is 1. The molecule has 6 rings (SSSR count). The lowest BCUT2D eigenvalue weighted by atomic mass is 10.0. The molecule has 3 aliphatic heterocycles. The predicted octanol–water partition coefficient (Wildman–Crippen LogP) is 3.59. The first-order valence-electron chi connectivity index (χ1n) is 14.8. The van der Waals surface area contributed by atoms with E-state index in [9.17, 15) is 9.59 Å². The minimum absolute atomic E-state index is 0.0184. The van der Waals surface area contributed by atoms with Crippen LogP contribution in [0.3, 0.4) is 0 Å². The van der Waals surface area contributed by atoms with Crippen LogP contribution in [0.1, 0.15) is 45.6 Å². The third-order valence-electron chi connectivity index (χ3n) is 8.65. The third-order valence-corrected chi connectivity index (χ3v) is 9.65. The summed E-state index contributed by atoms with van der Waals surface area (Å²) in [7, 11) is 5.47. The van der Waals surface area contributed by atoms with E-state index in [2.05, 4.69) is 32.1 Å². The number of benzene rings is 1. The molecule has 2 saturated heterocycles. The maximum Gasteiger partial charge on any atom is 0.279 e. The number of fused-ring (bicyclic) bond motifs is 2. The highest BCUT2D eigenvalue weighted by Gasteiger charge is 2.33. The fourth-order valence-corrected chi connectivity index (χ4v) is 7.08. The van der Waals surface area contributed by atoms with Crippen molar-refractivity contribution in [3.63, 3.8) is 0 Å². The number of anilines is 5. The Morgan fingerprint density at radius 2 is 1.84 bits per heavy atom. The predicted molar refractivity (Wildman–Crippen MR) is 169 cm³/mol. The van der Waals surface area contributed by atoms with Gasteiger partial charge in [0.25, 0.3) is 11.8 Å². The molecule has 0 atom stereocenters. The number of hydrogen-bond donors (Lipinski definition) is 1. The van der Waals surface area contributed by atoms with E-state index < -0.39 is 0 Å². The van der Waals surface area contributed by atoms with Gasteiger partial charge in [0.15, 0.2) is 11.5 Å². The van der Waals surface area contributed by atoms with Gasteiger partial charge in [0.05, 0.1) is 24.0 Å². The Morgan fingerprint density at radius 3 is 2.53 bits per heavy atom. The van der Waals surface area contributed by atoms with E-state index in [1.165, 1.54) is 11.3 Å². The molecule has 0 spiro atoms. The van der Waals surface area contributed by atoms with E-state index in [0.29, 0.717) is 52.7 Å². The van der Waals surface area contributed by atoms with Gasteiger partial charge in [-0.1, -0.05) is 0 Å². The first-order chi connectivity index (χ1) is 20.8. The van der Waals surface area contributed by atoms with Crippen molar-refractivity contribution in [3.8, 4) is 5.75 Å². The topological polar surface area (TPSA) is 110 Å². The summed E-state index contributed by atoms with van der Waals surface area (Å²) in [6, 6.07) is 5.97. The fourth-order valence-electron chi connectivity index (χ4n) is 6.11. The van der Waals surface area contributed by atoms with Crippen LogP contribution in [0.2, 0.25) is 0 Å². The summed E-state index contributed by atoms with van der Waals surface area (Å²) >= 11 is 1.47. The molecule has 2 fully saturated rings. The van der Waals surface area contributed by atoms with Gasteiger partial charge in [0, 0.05) is 64.5 Å². The van der Waals surface area contributed by atoms with Crippen molar-refractivity contribution in [2.24, 2.45) is 0 Å². The van der Waals surface area contributed by atoms with Crippen LogP contribution in [0.4, 0.5) is 28.1 Å². The van der Waals surface area contributed by atoms with E-state index in [1.54, 1.807) is 31.3 Å². The van der Waals surface area contributed by atoms with Gasteiger partial charge in [0.1, 0.15) is 16.4 Å². The molecule has 5 heterocycles. The normalized spacial score (nSPS) is 18.3. The lowest BCUT2D eigenvalue weighted by Crippen LogP contribution is -2.52. The molecular weight excluding hydrogens is 566 g/mol. The number of nitrogens with one attached hydrogen (secondary N) is 1. The molecule has 2 aromatic heterocycles. The van der Waals surface area contributed by atoms with E-state index in [-0.39, 0.29) is 11.8 Å². The molecule has 1 N–H and O–H groups in total. The molecule has 13 heteroatoms. The molecule has 2 amide bonds. The van der Waals surface area contributed by atoms with E-state index >= 15 is 0 Å². The van der Waals surface area contributed by atoms with Crippen LogP contribution in [0.5, 0.6) is 5.75 Å². The maximum absolute atomic E-state index is 13.4. The molecule has 0 radical (unpaired) electrons.